The van der Waals surface area contributed by atoms with E-state index in [1.54, 1.807) is 6.92 Å². The summed E-state index contributed by atoms with van der Waals surface area (Å²) in [4.78, 5) is 23.9. The van der Waals surface area contributed by atoms with Crippen molar-refractivity contribution in [1.82, 2.24) is 10.2 Å². The van der Waals surface area contributed by atoms with E-state index < -0.39 is 12.1 Å². The predicted octanol–water partition coefficient (Wildman–Crippen LogP) is -1.32. The highest BCUT2D eigenvalue weighted by molar-refractivity contribution is 5.93. The van der Waals surface area contributed by atoms with Crippen LogP contribution in [0.15, 0.2) is 0 Å². The molecular formula is C8H15N3O2. The molecule has 1 rings (SSSR count). The van der Waals surface area contributed by atoms with Gasteiger partial charge in [0.25, 0.3) is 0 Å². The topological polar surface area (TPSA) is 75.4 Å². The van der Waals surface area contributed by atoms with Gasteiger partial charge in [-0.25, -0.2) is 0 Å². The number of carbonyl (C=O) groups is 2. The van der Waals surface area contributed by atoms with E-state index in [9.17, 15) is 9.59 Å². The van der Waals surface area contributed by atoms with Gasteiger partial charge in [0.2, 0.25) is 11.8 Å². The Morgan fingerprint density at radius 1 is 1.85 bits per heavy atom. The van der Waals surface area contributed by atoms with E-state index in [4.69, 9.17) is 5.73 Å². The van der Waals surface area contributed by atoms with E-state index in [1.165, 1.54) is 4.90 Å². The number of nitrogens with zero attached hydrogens (tertiary/aromatic N) is 1. The Bertz CT molecular complexity index is 229. The Labute approximate surface area is 77.3 Å². The standard InChI is InChI=1S/C8H15N3O2/c1-3-10-7(12)5(2)11-4-6(9)8(11)13/h5-6H,3-4,9H2,1-2H3,(H,10,12). The molecule has 13 heavy (non-hydrogen) atoms. The molecule has 0 aliphatic carbocycles. The summed E-state index contributed by atoms with van der Waals surface area (Å²) in [5.41, 5.74) is 5.40. The number of nitrogens with two attached hydrogens (primary N) is 1. The van der Waals surface area contributed by atoms with Gasteiger partial charge in [-0.15, -0.1) is 0 Å². The van der Waals surface area contributed by atoms with Crippen molar-refractivity contribution in [2.75, 3.05) is 13.1 Å². The van der Waals surface area contributed by atoms with Gasteiger partial charge in [0.1, 0.15) is 12.1 Å². The largest absolute Gasteiger partial charge is 0.355 e. The molecule has 1 fully saturated rings. The maximum Gasteiger partial charge on any atom is 0.242 e. The van der Waals surface area contributed by atoms with E-state index >= 15 is 0 Å². The fourth-order valence-electron chi connectivity index (χ4n) is 1.29. The van der Waals surface area contributed by atoms with Crippen molar-refractivity contribution in [1.29, 1.82) is 0 Å². The summed E-state index contributed by atoms with van der Waals surface area (Å²) in [6.07, 6.45) is 0. The fourth-order valence-corrected chi connectivity index (χ4v) is 1.29. The van der Waals surface area contributed by atoms with Gasteiger partial charge in [-0.1, -0.05) is 0 Å². The number of hydrogen-bond donors (Lipinski definition) is 2. The molecule has 5 nitrogen and oxygen atoms in total. The SMILES string of the molecule is CCNC(=O)C(C)N1CC(N)C1=O. The summed E-state index contributed by atoms with van der Waals surface area (Å²) >= 11 is 0. The number of β-lactam (4-membered cyclic amide) rings is 1. The van der Waals surface area contributed by atoms with Crippen LogP contribution in [-0.4, -0.2) is 41.9 Å². The van der Waals surface area contributed by atoms with Gasteiger partial charge >= 0.3 is 0 Å². The second kappa shape index (κ2) is 3.74. The highest BCUT2D eigenvalue weighted by Crippen LogP contribution is 2.12. The van der Waals surface area contributed by atoms with Crippen molar-refractivity contribution in [3.05, 3.63) is 0 Å². The minimum Gasteiger partial charge on any atom is -0.355 e. The van der Waals surface area contributed by atoms with Gasteiger partial charge in [0, 0.05) is 13.1 Å². The Morgan fingerprint density at radius 2 is 2.46 bits per heavy atom. The molecule has 2 amide bonds. The number of hydrogen-bond acceptors (Lipinski definition) is 3. The molecule has 0 saturated carbocycles. The van der Waals surface area contributed by atoms with Crippen LogP contribution in [0, 0.1) is 0 Å². The summed E-state index contributed by atoms with van der Waals surface area (Å²) < 4.78 is 0. The predicted molar refractivity (Wildman–Crippen MR) is 47.8 cm³/mol. The van der Waals surface area contributed by atoms with Crippen LogP contribution < -0.4 is 11.1 Å². The Balaban J connectivity index is 2.45. The molecule has 0 aromatic carbocycles. The van der Waals surface area contributed by atoms with Crippen molar-refractivity contribution in [3.8, 4) is 0 Å². The summed E-state index contributed by atoms with van der Waals surface area (Å²) in [6.45, 7) is 4.61. The lowest BCUT2D eigenvalue weighted by Crippen LogP contribution is -2.66. The van der Waals surface area contributed by atoms with Crippen molar-refractivity contribution in [2.45, 2.75) is 25.9 Å². The van der Waals surface area contributed by atoms with Crippen LogP contribution >= 0.6 is 0 Å². The minimum absolute atomic E-state index is 0.122. The van der Waals surface area contributed by atoms with Gasteiger partial charge in [-0.2, -0.15) is 0 Å². The third-order valence-electron chi connectivity index (χ3n) is 2.19. The van der Waals surface area contributed by atoms with Crippen LogP contribution in [0.1, 0.15) is 13.8 Å². The average Bonchev–Trinajstić information content (AvgIpc) is 2.12. The van der Waals surface area contributed by atoms with Crippen LogP contribution in [0.25, 0.3) is 0 Å². The summed E-state index contributed by atoms with van der Waals surface area (Å²) in [5.74, 6) is -0.262. The number of likely N-dealkylation sites (tertiary alicyclic amines) is 1. The van der Waals surface area contributed by atoms with Gasteiger partial charge in [0.05, 0.1) is 0 Å². The Morgan fingerprint density at radius 3 is 2.85 bits per heavy atom. The van der Waals surface area contributed by atoms with Gasteiger partial charge in [-0.3, -0.25) is 9.59 Å². The van der Waals surface area contributed by atoms with E-state index in [1.807, 2.05) is 6.92 Å². The van der Waals surface area contributed by atoms with Gasteiger partial charge in [-0.05, 0) is 13.8 Å². The zero-order chi connectivity index (χ0) is 10.0. The number of carbonyl (C=O) groups excluding carboxylic acids is 2. The molecule has 1 heterocycles. The molecule has 1 saturated heterocycles. The molecule has 0 aromatic rings. The first-order valence-electron chi connectivity index (χ1n) is 4.41. The van der Waals surface area contributed by atoms with E-state index in [0.717, 1.165) is 0 Å². The van der Waals surface area contributed by atoms with Crippen LogP contribution in [0.2, 0.25) is 0 Å². The van der Waals surface area contributed by atoms with Crippen LogP contribution in [0.4, 0.5) is 0 Å². The van der Waals surface area contributed by atoms with E-state index in [0.29, 0.717) is 13.1 Å². The monoisotopic (exact) mass is 185 g/mol. The highest BCUT2D eigenvalue weighted by atomic mass is 16.2. The lowest BCUT2D eigenvalue weighted by atomic mass is 10.1. The molecule has 1 aliphatic rings. The van der Waals surface area contributed by atoms with Crippen LogP contribution in [-0.2, 0) is 9.59 Å². The molecule has 3 N–H and O–H groups in total. The maximum absolute atomic E-state index is 11.3. The van der Waals surface area contributed by atoms with Gasteiger partial charge in [0.15, 0.2) is 0 Å². The second-order valence-electron chi connectivity index (χ2n) is 3.17. The number of rotatable bonds is 3. The number of nitrogens with one attached hydrogen (secondary N) is 1. The molecule has 0 spiro atoms. The Hall–Kier alpha value is -1.10. The van der Waals surface area contributed by atoms with E-state index in [-0.39, 0.29) is 11.8 Å². The molecular weight excluding hydrogens is 170 g/mol. The van der Waals surface area contributed by atoms with Gasteiger partial charge < -0.3 is 16.0 Å². The lowest BCUT2D eigenvalue weighted by Gasteiger charge is -2.39. The molecule has 2 unspecified atom stereocenters. The number of amides is 2. The Kier molecular flexibility index (Phi) is 2.87. The smallest absolute Gasteiger partial charge is 0.242 e. The first-order chi connectivity index (χ1) is 6.07. The maximum atomic E-state index is 11.3. The van der Waals surface area contributed by atoms with Crippen molar-refractivity contribution < 1.29 is 9.59 Å². The highest BCUT2D eigenvalue weighted by Gasteiger charge is 2.38. The van der Waals surface area contributed by atoms with Crippen LogP contribution in [0.3, 0.4) is 0 Å². The normalized spacial score (nSPS) is 23.8. The zero-order valence-electron chi connectivity index (χ0n) is 7.91. The third-order valence-corrected chi connectivity index (χ3v) is 2.19. The van der Waals surface area contributed by atoms with Crippen LogP contribution in [0.5, 0.6) is 0 Å². The second-order valence-corrected chi connectivity index (χ2v) is 3.17. The first-order valence-corrected chi connectivity index (χ1v) is 4.41. The molecule has 2 atom stereocenters. The van der Waals surface area contributed by atoms with Crippen molar-refractivity contribution in [2.24, 2.45) is 5.73 Å². The summed E-state index contributed by atoms with van der Waals surface area (Å²) in [5, 5.41) is 2.66. The molecule has 0 bridgehead atoms. The molecule has 1 aliphatic heterocycles. The number of likely N-dealkylation sites (N-methyl/N-ethyl adjacent to an activating group) is 1. The average molecular weight is 185 g/mol. The first kappa shape index (κ1) is 9.98. The molecule has 5 heteroatoms. The van der Waals surface area contributed by atoms with Crippen molar-refractivity contribution >= 4 is 11.8 Å². The summed E-state index contributed by atoms with van der Waals surface area (Å²) in [6, 6.07) is -0.802. The molecule has 0 aromatic heterocycles. The van der Waals surface area contributed by atoms with Crippen molar-refractivity contribution in [3.63, 3.8) is 0 Å². The lowest BCUT2D eigenvalue weighted by molar-refractivity contribution is -0.150. The third kappa shape index (κ3) is 1.80. The zero-order valence-corrected chi connectivity index (χ0v) is 7.91. The molecule has 0 radical (unpaired) electrons. The molecule has 74 valence electrons. The summed E-state index contributed by atoms with van der Waals surface area (Å²) in [7, 11) is 0. The minimum atomic E-state index is -0.406. The van der Waals surface area contributed by atoms with E-state index in [2.05, 4.69) is 5.32 Å². The quantitative estimate of drug-likeness (QED) is 0.535. The fraction of sp³-hybridized carbons (Fsp3) is 0.750.